The molecule has 7 aliphatic rings. The summed E-state index contributed by atoms with van der Waals surface area (Å²) >= 11 is 0. The first-order chi connectivity index (χ1) is 19.5. The third-order valence-electron chi connectivity index (χ3n) is 10.5. The fourth-order valence-corrected chi connectivity index (χ4v) is 9.01. The number of carbonyl (C=O) groups is 1. The van der Waals surface area contributed by atoms with Gasteiger partial charge in [-0.1, -0.05) is 18.2 Å². The molecule has 2 aromatic rings. The van der Waals surface area contributed by atoms with Crippen LogP contribution in [-0.4, -0.2) is 53.4 Å². The van der Waals surface area contributed by atoms with Gasteiger partial charge in [0.05, 0.1) is 11.5 Å². The van der Waals surface area contributed by atoms with E-state index in [1.165, 1.54) is 33.7 Å². The third-order valence-corrected chi connectivity index (χ3v) is 10.5. The lowest BCUT2D eigenvalue weighted by molar-refractivity contribution is -0.0472. The number of hydrogen-bond donors (Lipinski definition) is 2. The van der Waals surface area contributed by atoms with Crippen molar-refractivity contribution >= 4 is 11.7 Å². The zero-order chi connectivity index (χ0) is 26.7. The van der Waals surface area contributed by atoms with Crippen LogP contribution in [0.15, 0.2) is 47.2 Å². The highest BCUT2D eigenvalue weighted by molar-refractivity contribution is 5.96. The second-order valence-corrected chi connectivity index (χ2v) is 12.6. The molecule has 206 valence electrons. The number of aliphatic hydroxyl groups excluding tert-OH is 1. The van der Waals surface area contributed by atoms with Gasteiger partial charge in [-0.15, -0.1) is 0 Å². The smallest absolute Gasteiger partial charge is 0.339 e. The molecule has 0 aromatic heterocycles. The number of allylic oxidation sites excluding steroid dienone is 1. The van der Waals surface area contributed by atoms with E-state index in [2.05, 4.69) is 21.9 Å². The number of esters is 1. The van der Waals surface area contributed by atoms with E-state index in [1.54, 1.807) is 12.1 Å². The number of piperidine rings is 1. The van der Waals surface area contributed by atoms with Crippen molar-refractivity contribution < 1.29 is 24.5 Å². The van der Waals surface area contributed by atoms with E-state index in [-0.39, 0.29) is 12.0 Å². The van der Waals surface area contributed by atoms with Crippen LogP contribution in [0.3, 0.4) is 0 Å². The lowest BCUT2D eigenvalue weighted by atomic mass is 9.64. The number of anilines is 1. The summed E-state index contributed by atoms with van der Waals surface area (Å²) in [5.41, 5.74) is 9.58. The van der Waals surface area contributed by atoms with Gasteiger partial charge < -0.3 is 29.5 Å². The fourth-order valence-electron chi connectivity index (χ4n) is 9.01. The minimum atomic E-state index is -1.65. The third kappa shape index (κ3) is 2.90. The Hall–Kier alpha value is -3.29. The minimum Gasteiger partial charge on any atom is -0.484 e. The van der Waals surface area contributed by atoms with Crippen molar-refractivity contribution in [3.8, 4) is 5.75 Å². The van der Waals surface area contributed by atoms with Gasteiger partial charge in [-0.2, -0.15) is 0 Å². The SMILES string of the molecule is O=C1OC2(c3ccc(C(O)O)cc31)c1cc3c4c(c1OC1C5=C6C(=CC12)CCCN6CCC5)CCCN4CCC3. The molecule has 1 aliphatic carbocycles. The predicted octanol–water partition coefficient (Wildman–Crippen LogP) is 4.24. The standard InChI is InChI=1S/C33H34N2O5/c36-31(37)20-9-10-24-23(15-20)32(38)40-33(24)25-16-18-5-1-11-34-13-3-7-21(27(18)34)29(25)39-30-22-8-4-14-35-12-2-6-19(28(22)35)17-26(30)33/h9-10,15-17,25,29,31,36-37H,1-8,11-14H2. The van der Waals surface area contributed by atoms with E-state index >= 15 is 0 Å². The molecule has 6 heterocycles. The molecule has 1 fully saturated rings. The summed E-state index contributed by atoms with van der Waals surface area (Å²) in [6.07, 6.45) is 8.98. The molecule has 0 amide bonds. The highest BCUT2D eigenvalue weighted by Crippen LogP contribution is 2.61. The molecule has 3 unspecified atom stereocenters. The highest BCUT2D eigenvalue weighted by Gasteiger charge is 2.61. The van der Waals surface area contributed by atoms with Crippen LogP contribution >= 0.6 is 0 Å². The van der Waals surface area contributed by atoms with Gasteiger partial charge in [0.1, 0.15) is 11.9 Å². The highest BCUT2D eigenvalue weighted by atomic mass is 16.6. The Morgan fingerprint density at radius 3 is 2.52 bits per heavy atom. The fraction of sp³-hybridized carbons (Fsp3) is 0.485. The molecule has 9 rings (SSSR count). The summed E-state index contributed by atoms with van der Waals surface area (Å²) in [5.74, 6) is 0.330. The quantitative estimate of drug-likeness (QED) is 0.415. The van der Waals surface area contributed by atoms with Crippen molar-refractivity contribution in [2.75, 3.05) is 31.1 Å². The Kier molecular flexibility index (Phi) is 4.76. The molecule has 1 spiro atoms. The summed E-state index contributed by atoms with van der Waals surface area (Å²) < 4.78 is 13.9. The zero-order valence-electron chi connectivity index (χ0n) is 22.6. The summed E-state index contributed by atoms with van der Waals surface area (Å²) in [4.78, 5) is 18.8. The van der Waals surface area contributed by atoms with E-state index in [0.717, 1.165) is 94.4 Å². The van der Waals surface area contributed by atoms with Gasteiger partial charge in [-0.3, -0.25) is 0 Å². The Balaban J connectivity index is 1.35. The monoisotopic (exact) mass is 538 g/mol. The van der Waals surface area contributed by atoms with Crippen LogP contribution in [0, 0.1) is 5.92 Å². The van der Waals surface area contributed by atoms with Crippen LogP contribution in [0.25, 0.3) is 0 Å². The number of aryl methyl sites for hydroxylation is 1. The molecular weight excluding hydrogens is 504 g/mol. The Morgan fingerprint density at radius 1 is 0.900 bits per heavy atom. The lowest BCUT2D eigenvalue weighted by Gasteiger charge is -2.52. The Labute approximate surface area is 233 Å². The average molecular weight is 539 g/mol. The molecule has 0 bridgehead atoms. The van der Waals surface area contributed by atoms with Gasteiger partial charge in [0.25, 0.3) is 0 Å². The topological polar surface area (TPSA) is 82.5 Å². The minimum absolute atomic E-state index is 0.185. The normalized spacial score (nSPS) is 29.3. The molecule has 3 atom stereocenters. The van der Waals surface area contributed by atoms with E-state index in [0.29, 0.717) is 11.1 Å². The number of nitrogens with zero attached hydrogens (tertiary/aromatic N) is 2. The number of fused-ring (bicyclic) bond motifs is 8. The summed E-state index contributed by atoms with van der Waals surface area (Å²) in [7, 11) is 0. The number of hydrogen-bond acceptors (Lipinski definition) is 7. The Bertz CT molecular complexity index is 1550. The van der Waals surface area contributed by atoms with Crippen LogP contribution in [-0.2, 0) is 23.2 Å². The van der Waals surface area contributed by atoms with Crippen molar-refractivity contribution in [2.24, 2.45) is 5.92 Å². The first-order valence-electron chi connectivity index (χ1n) is 15.1. The molecule has 0 radical (unpaired) electrons. The maximum atomic E-state index is 13.7. The molecule has 7 nitrogen and oxygen atoms in total. The number of rotatable bonds is 1. The zero-order valence-corrected chi connectivity index (χ0v) is 22.6. The average Bonchev–Trinajstić information content (AvgIpc) is 3.27. The van der Waals surface area contributed by atoms with Crippen molar-refractivity contribution in [3.05, 3.63) is 80.6 Å². The maximum absolute atomic E-state index is 13.7. The predicted molar refractivity (Wildman–Crippen MR) is 148 cm³/mol. The lowest BCUT2D eigenvalue weighted by Crippen LogP contribution is -2.53. The maximum Gasteiger partial charge on any atom is 0.339 e. The molecular formula is C33H34N2O5. The van der Waals surface area contributed by atoms with Gasteiger partial charge in [0.15, 0.2) is 11.9 Å². The van der Waals surface area contributed by atoms with E-state index < -0.39 is 17.9 Å². The molecule has 6 aliphatic heterocycles. The van der Waals surface area contributed by atoms with Crippen LogP contribution in [0.4, 0.5) is 5.69 Å². The summed E-state index contributed by atoms with van der Waals surface area (Å²) in [6.45, 7) is 4.34. The van der Waals surface area contributed by atoms with Crippen molar-refractivity contribution in [3.63, 3.8) is 0 Å². The second-order valence-electron chi connectivity index (χ2n) is 12.6. The van der Waals surface area contributed by atoms with Gasteiger partial charge in [-0.05, 0) is 80.2 Å². The van der Waals surface area contributed by atoms with Crippen LogP contribution < -0.4 is 9.64 Å². The van der Waals surface area contributed by atoms with E-state index in [1.807, 2.05) is 6.07 Å². The summed E-state index contributed by atoms with van der Waals surface area (Å²) in [6, 6.07) is 7.52. The first kappa shape index (κ1) is 23.4. The molecule has 1 saturated heterocycles. The van der Waals surface area contributed by atoms with E-state index in [9.17, 15) is 15.0 Å². The van der Waals surface area contributed by atoms with Gasteiger partial charge in [0, 0.05) is 59.8 Å². The number of aliphatic hydroxyl groups is 2. The Morgan fingerprint density at radius 2 is 1.68 bits per heavy atom. The molecule has 2 aromatic carbocycles. The van der Waals surface area contributed by atoms with Gasteiger partial charge in [-0.25, -0.2) is 4.79 Å². The van der Waals surface area contributed by atoms with Crippen molar-refractivity contribution in [2.45, 2.75) is 69.4 Å². The second kappa shape index (κ2) is 8.14. The first-order valence-corrected chi connectivity index (χ1v) is 15.1. The van der Waals surface area contributed by atoms with Crippen LogP contribution in [0.2, 0.25) is 0 Å². The number of benzene rings is 2. The number of ether oxygens (including phenoxy) is 2. The molecule has 2 N–H and O–H groups in total. The van der Waals surface area contributed by atoms with Gasteiger partial charge in [0.2, 0.25) is 0 Å². The van der Waals surface area contributed by atoms with E-state index in [4.69, 9.17) is 9.47 Å². The summed E-state index contributed by atoms with van der Waals surface area (Å²) in [5, 5.41) is 19.8. The van der Waals surface area contributed by atoms with Crippen LogP contribution in [0.1, 0.15) is 83.0 Å². The largest absolute Gasteiger partial charge is 0.484 e. The van der Waals surface area contributed by atoms with Crippen molar-refractivity contribution in [1.29, 1.82) is 0 Å². The van der Waals surface area contributed by atoms with Crippen molar-refractivity contribution in [1.82, 2.24) is 4.90 Å². The number of carbonyl (C=O) groups excluding carboxylic acids is 1. The van der Waals surface area contributed by atoms with Crippen LogP contribution in [0.5, 0.6) is 5.75 Å². The molecule has 0 saturated carbocycles. The van der Waals surface area contributed by atoms with Gasteiger partial charge >= 0.3 is 5.97 Å². The molecule has 7 heteroatoms. The molecule has 40 heavy (non-hydrogen) atoms.